The quantitative estimate of drug-likeness (QED) is 0.700. The maximum Gasteiger partial charge on any atom is 0.363 e. The zero-order valence-electron chi connectivity index (χ0n) is 8.04. The molecule has 12 heavy (non-hydrogen) atoms. The minimum Gasteiger partial charge on any atom is -0.393 e. The van der Waals surface area contributed by atoms with Gasteiger partial charge in [-0.15, -0.1) is 0 Å². The third kappa shape index (κ3) is 2.99. The highest BCUT2D eigenvalue weighted by atomic mass is 27.2. The molecule has 0 unspecified atom stereocenters. The van der Waals surface area contributed by atoms with Crippen molar-refractivity contribution in [1.29, 1.82) is 0 Å². The Morgan fingerprint density at radius 2 is 1.75 bits per heavy atom. The predicted molar refractivity (Wildman–Crippen MR) is 55.5 cm³/mol. The minimum atomic E-state index is -0.648. The Kier molecular flexibility index (Phi) is 3.81. The van der Waals surface area contributed by atoms with Gasteiger partial charge in [-0.25, -0.2) is 0 Å². The first-order valence-corrected chi connectivity index (χ1v) is 7.40. The monoisotopic (exact) mass is 177 g/mol. The molecule has 2 heteroatoms. The molecule has 1 N–H and O–H groups in total. The Morgan fingerprint density at radius 3 is 2.25 bits per heavy atom. The lowest BCUT2D eigenvalue weighted by molar-refractivity contribution is 0.729. The molecule has 1 nitrogen and oxygen atoms in total. The van der Waals surface area contributed by atoms with E-state index in [4.69, 9.17) is 0 Å². The van der Waals surface area contributed by atoms with Crippen molar-refractivity contribution >= 4 is 14.4 Å². The van der Waals surface area contributed by atoms with Crippen LogP contribution < -0.4 is 4.30 Å². The van der Waals surface area contributed by atoms with Crippen LogP contribution in [0.25, 0.3) is 0 Å². The predicted octanol–water partition coefficient (Wildman–Crippen LogP) is 2.59. The fourth-order valence-corrected chi connectivity index (χ4v) is 2.53. The topological polar surface area (TPSA) is 12.0 Å². The Bertz CT molecular complexity index is 221. The van der Waals surface area contributed by atoms with E-state index in [1.54, 1.807) is 0 Å². The molecule has 0 fully saturated rings. The van der Waals surface area contributed by atoms with E-state index in [1.165, 1.54) is 5.56 Å². The lowest BCUT2D eigenvalue weighted by atomic mass is 10.1. The first-order valence-electron chi connectivity index (χ1n) is 4.51. The van der Waals surface area contributed by atoms with Crippen LogP contribution in [0.4, 0.5) is 0 Å². The van der Waals surface area contributed by atoms with E-state index in [-0.39, 0.29) is 0 Å². The van der Waals surface area contributed by atoms with Crippen LogP contribution >= 0.6 is 0 Å². The van der Waals surface area contributed by atoms with Gasteiger partial charge in [0.1, 0.15) is 0 Å². The van der Waals surface area contributed by atoms with E-state index in [2.05, 4.69) is 53.1 Å². The lowest BCUT2D eigenvalue weighted by Gasteiger charge is -2.15. The molecule has 0 saturated carbocycles. The normalized spacial score (nSPS) is 12.6. The van der Waals surface area contributed by atoms with Gasteiger partial charge in [0, 0.05) is 6.04 Å². The summed E-state index contributed by atoms with van der Waals surface area (Å²) < 4.78 is 3.60. The molecule has 0 aliphatic rings. The van der Waals surface area contributed by atoms with Crippen LogP contribution in [0.1, 0.15) is 18.5 Å². The summed E-state index contributed by atoms with van der Waals surface area (Å²) in [6.07, 6.45) is 0. The van der Waals surface area contributed by atoms with E-state index in [1.807, 2.05) is 0 Å². The Balaban J connectivity index is 2.59. The summed E-state index contributed by atoms with van der Waals surface area (Å²) in [5.74, 6) is 4.61. The van der Waals surface area contributed by atoms with Gasteiger partial charge in [-0.3, -0.25) is 0 Å². The molecule has 1 atom stereocenters. The second kappa shape index (κ2) is 4.67. The molecule has 0 bridgehead atoms. The van der Waals surface area contributed by atoms with E-state index in [0.29, 0.717) is 6.04 Å². The first kappa shape index (κ1) is 9.80. The standard InChI is InChI=1S/C8H10N.2CH3.Al/c1-7(9)8-5-3-2-4-6-8;;;/h2-7,9H,1H3;2*1H3;/q-1;;;+1/t7-;;;/m1.../s1. The van der Waals surface area contributed by atoms with Gasteiger partial charge in [0.15, 0.2) is 0 Å². The molecular formula is C10H16AlN. The molecule has 0 amide bonds. The van der Waals surface area contributed by atoms with Gasteiger partial charge in [0.05, 0.1) is 0 Å². The van der Waals surface area contributed by atoms with Crippen molar-refractivity contribution in [2.24, 2.45) is 0 Å². The third-order valence-corrected chi connectivity index (χ3v) is 3.05. The largest absolute Gasteiger partial charge is 0.393 e. The van der Waals surface area contributed by atoms with Crippen molar-refractivity contribution in [2.45, 2.75) is 24.5 Å². The van der Waals surface area contributed by atoms with E-state index in [0.717, 1.165) is 0 Å². The smallest absolute Gasteiger partial charge is 0.363 e. The summed E-state index contributed by atoms with van der Waals surface area (Å²) in [5.41, 5.74) is 1.39. The van der Waals surface area contributed by atoms with Crippen LogP contribution in [0, 0.1) is 0 Å². The molecule has 1 aromatic carbocycles. The molecule has 0 aromatic heterocycles. The van der Waals surface area contributed by atoms with Gasteiger partial charge in [-0.2, -0.15) is 0 Å². The highest BCUT2D eigenvalue weighted by Gasteiger charge is 2.08. The lowest BCUT2D eigenvalue weighted by Crippen LogP contribution is -2.29. The van der Waals surface area contributed by atoms with Crippen LogP contribution in [-0.4, -0.2) is 14.4 Å². The van der Waals surface area contributed by atoms with Gasteiger partial charge < -0.3 is 4.30 Å². The fraction of sp³-hybridized carbons (Fsp3) is 0.400. The fourth-order valence-electron chi connectivity index (χ4n) is 1.34. The van der Waals surface area contributed by atoms with Gasteiger partial charge in [-0.1, -0.05) is 41.9 Å². The number of rotatable bonds is 3. The molecule has 1 aromatic rings. The molecule has 0 aliphatic heterocycles. The average Bonchev–Trinajstić information content (AvgIpc) is 2.05. The zero-order chi connectivity index (χ0) is 8.97. The summed E-state index contributed by atoms with van der Waals surface area (Å²) >= 11 is -0.648. The van der Waals surface area contributed by atoms with Gasteiger partial charge in [-0.05, 0) is 12.5 Å². The van der Waals surface area contributed by atoms with Gasteiger partial charge in [0.25, 0.3) is 0 Å². The van der Waals surface area contributed by atoms with Gasteiger partial charge >= 0.3 is 14.4 Å². The van der Waals surface area contributed by atoms with Crippen molar-refractivity contribution in [3.8, 4) is 0 Å². The zero-order valence-corrected chi connectivity index (χ0v) is 9.20. The van der Waals surface area contributed by atoms with Crippen molar-refractivity contribution in [1.82, 2.24) is 4.30 Å². The summed E-state index contributed by atoms with van der Waals surface area (Å²) in [7, 11) is 0. The van der Waals surface area contributed by atoms with Crippen LogP contribution in [0.3, 0.4) is 0 Å². The average molecular weight is 177 g/mol. The summed E-state index contributed by atoms with van der Waals surface area (Å²) in [5, 5.41) is 0. The molecule has 0 saturated heterocycles. The van der Waals surface area contributed by atoms with E-state index < -0.39 is 14.4 Å². The van der Waals surface area contributed by atoms with Crippen molar-refractivity contribution in [3.05, 3.63) is 35.9 Å². The maximum atomic E-state index is 3.60. The molecular weight excluding hydrogens is 161 g/mol. The van der Waals surface area contributed by atoms with Crippen LogP contribution in [0.2, 0.25) is 11.6 Å². The SMILES string of the molecule is C[C@@H]([NH][Al]([CH3])[CH3])c1ccccc1. The Labute approximate surface area is 79.4 Å². The molecule has 0 aliphatic carbocycles. The van der Waals surface area contributed by atoms with Crippen LogP contribution in [0.15, 0.2) is 30.3 Å². The third-order valence-electron chi connectivity index (χ3n) is 1.88. The highest BCUT2D eigenvalue weighted by Crippen LogP contribution is 2.10. The summed E-state index contributed by atoms with van der Waals surface area (Å²) in [6.45, 7) is 2.22. The van der Waals surface area contributed by atoms with E-state index >= 15 is 0 Å². The molecule has 0 spiro atoms. The molecule has 64 valence electrons. The summed E-state index contributed by atoms with van der Waals surface area (Å²) in [6, 6.07) is 11.1. The number of hydrogen-bond acceptors (Lipinski definition) is 1. The molecule has 0 heterocycles. The van der Waals surface area contributed by atoms with E-state index in [9.17, 15) is 0 Å². The molecule has 1 rings (SSSR count). The number of benzene rings is 1. The number of nitrogens with one attached hydrogen (secondary N) is 1. The second-order valence-corrected chi connectivity index (χ2v) is 6.10. The molecule has 0 radical (unpaired) electrons. The van der Waals surface area contributed by atoms with Crippen LogP contribution in [0.5, 0.6) is 0 Å². The van der Waals surface area contributed by atoms with Crippen molar-refractivity contribution in [2.75, 3.05) is 0 Å². The number of hydrogen-bond donors (Lipinski definition) is 1. The Hall–Kier alpha value is -0.288. The van der Waals surface area contributed by atoms with Crippen molar-refractivity contribution < 1.29 is 0 Å². The van der Waals surface area contributed by atoms with Crippen LogP contribution in [-0.2, 0) is 0 Å². The second-order valence-electron chi connectivity index (χ2n) is 3.45. The highest BCUT2D eigenvalue weighted by molar-refractivity contribution is 6.52. The Morgan fingerprint density at radius 1 is 1.17 bits per heavy atom. The van der Waals surface area contributed by atoms with Crippen molar-refractivity contribution in [3.63, 3.8) is 0 Å². The maximum absolute atomic E-state index is 3.60. The minimum absolute atomic E-state index is 0.512. The summed E-state index contributed by atoms with van der Waals surface area (Å²) in [4.78, 5) is 0. The first-order chi connectivity index (χ1) is 5.70. The van der Waals surface area contributed by atoms with Gasteiger partial charge in [0.2, 0.25) is 0 Å².